The number of amides is 1. The van der Waals surface area contributed by atoms with E-state index in [0.29, 0.717) is 30.8 Å². The molecular weight excluding hydrogens is 200 g/mol. The highest BCUT2D eigenvalue weighted by molar-refractivity contribution is 5.79. The first kappa shape index (κ1) is 11.9. The first-order valence-electron chi connectivity index (χ1n) is 6.72. The van der Waals surface area contributed by atoms with Crippen LogP contribution in [0.25, 0.3) is 0 Å². The summed E-state index contributed by atoms with van der Waals surface area (Å²) in [6, 6.07) is 0.435. The van der Waals surface area contributed by atoms with Gasteiger partial charge in [-0.25, -0.2) is 0 Å². The molecule has 0 bridgehead atoms. The Hall–Kier alpha value is -0.570. The maximum absolute atomic E-state index is 11.9. The summed E-state index contributed by atoms with van der Waals surface area (Å²) in [6.07, 6.45) is 7.35. The first-order chi connectivity index (χ1) is 7.72. The third-order valence-corrected chi connectivity index (χ3v) is 4.40. The Labute approximate surface area is 98.4 Å². The molecule has 0 aromatic carbocycles. The Kier molecular flexibility index (Phi) is 3.85. The molecule has 2 aliphatic rings. The molecule has 1 heterocycles. The van der Waals surface area contributed by atoms with Crippen LogP contribution in [-0.2, 0) is 4.79 Å². The molecule has 16 heavy (non-hydrogen) atoms. The van der Waals surface area contributed by atoms with Crippen LogP contribution in [0.5, 0.6) is 0 Å². The summed E-state index contributed by atoms with van der Waals surface area (Å²) in [7, 11) is 0. The van der Waals surface area contributed by atoms with Crippen LogP contribution in [0.1, 0.15) is 45.4 Å². The molecule has 1 aliphatic carbocycles. The molecule has 2 unspecified atom stereocenters. The van der Waals surface area contributed by atoms with Crippen LogP contribution in [0.3, 0.4) is 0 Å². The number of carbonyl (C=O) groups excluding carboxylic acids is 1. The minimum atomic E-state index is 0.327. The minimum absolute atomic E-state index is 0.327. The fourth-order valence-electron chi connectivity index (χ4n) is 3.23. The molecule has 3 nitrogen and oxygen atoms in total. The largest absolute Gasteiger partial charge is 0.339 e. The van der Waals surface area contributed by atoms with E-state index in [2.05, 4.69) is 11.8 Å². The molecule has 2 fully saturated rings. The summed E-state index contributed by atoms with van der Waals surface area (Å²) in [6.45, 7) is 3.78. The molecule has 2 rings (SSSR count). The molecule has 0 aromatic heterocycles. The van der Waals surface area contributed by atoms with Gasteiger partial charge in [-0.15, -0.1) is 0 Å². The number of hydrogen-bond donors (Lipinski definition) is 1. The zero-order valence-electron chi connectivity index (χ0n) is 10.3. The summed E-state index contributed by atoms with van der Waals surface area (Å²) >= 11 is 0. The maximum atomic E-state index is 11.9. The molecule has 1 saturated carbocycles. The van der Waals surface area contributed by atoms with E-state index in [4.69, 9.17) is 5.73 Å². The Morgan fingerprint density at radius 2 is 2.06 bits per heavy atom. The van der Waals surface area contributed by atoms with Gasteiger partial charge in [0.15, 0.2) is 0 Å². The third kappa shape index (κ3) is 2.40. The molecule has 1 saturated heterocycles. The zero-order valence-corrected chi connectivity index (χ0v) is 10.3. The van der Waals surface area contributed by atoms with Crippen LogP contribution in [0.2, 0.25) is 0 Å². The number of likely N-dealkylation sites (tertiary alicyclic amines) is 1. The van der Waals surface area contributed by atoms with Gasteiger partial charge in [0.05, 0.1) is 0 Å². The smallest absolute Gasteiger partial charge is 0.223 e. The second-order valence-corrected chi connectivity index (χ2v) is 5.49. The zero-order chi connectivity index (χ0) is 11.5. The minimum Gasteiger partial charge on any atom is -0.339 e. The van der Waals surface area contributed by atoms with Crippen molar-refractivity contribution in [3.8, 4) is 0 Å². The standard InChI is InChI=1S/C13H24N2O/c1-10(12-5-3-2-4-6-12)15-9-11(8-14)7-13(15)16/h10-12H,2-9,14H2,1H3. The van der Waals surface area contributed by atoms with Crippen LogP contribution in [0.4, 0.5) is 0 Å². The van der Waals surface area contributed by atoms with E-state index in [1.807, 2.05) is 0 Å². The van der Waals surface area contributed by atoms with Crippen molar-refractivity contribution in [1.29, 1.82) is 0 Å². The predicted octanol–water partition coefficient (Wildman–Crippen LogP) is 1.76. The van der Waals surface area contributed by atoms with Gasteiger partial charge < -0.3 is 10.6 Å². The van der Waals surface area contributed by atoms with Crippen molar-refractivity contribution >= 4 is 5.91 Å². The number of carbonyl (C=O) groups is 1. The fraction of sp³-hybridized carbons (Fsp3) is 0.923. The number of hydrogen-bond acceptors (Lipinski definition) is 2. The lowest BCUT2D eigenvalue weighted by Crippen LogP contribution is -2.40. The van der Waals surface area contributed by atoms with Gasteiger partial charge in [-0.3, -0.25) is 4.79 Å². The Morgan fingerprint density at radius 1 is 1.38 bits per heavy atom. The van der Waals surface area contributed by atoms with E-state index in [1.54, 1.807) is 0 Å². The van der Waals surface area contributed by atoms with Gasteiger partial charge in [-0.05, 0) is 38.1 Å². The molecule has 2 N–H and O–H groups in total. The van der Waals surface area contributed by atoms with Crippen LogP contribution in [-0.4, -0.2) is 29.9 Å². The normalized spacial score (nSPS) is 29.8. The summed E-state index contributed by atoms with van der Waals surface area (Å²) in [5, 5.41) is 0. The number of nitrogens with zero attached hydrogens (tertiary/aromatic N) is 1. The lowest BCUT2D eigenvalue weighted by molar-refractivity contribution is -0.130. The van der Waals surface area contributed by atoms with Crippen LogP contribution < -0.4 is 5.73 Å². The van der Waals surface area contributed by atoms with Crippen molar-refractivity contribution in [3.05, 3.63) is 0 Å². The van der Waals surface area contributed by atoms with Crippen LogP contribution >= 0.6 is 0 Å². The average Bonchev–Trinajstić information content (AvgIpc) is 2.71. The van der Waals surface area contributed by atoms with Gasteiger partial charge in [-0.1, -0.05) is 19.3 Å². The lowest BCUT2D eigenvalue weighted by Gasteiger charge is -2.34. The summed E-state index contributed by atoms with van der Waals surface area (Å²) in [5.74, 6) is 1.46. The molecule has 92 valence electrons. The highest BCUT2D eigenvalue weighted by Crippen LogP contribution is 2.31. The van der Waals surface area contributed by atoms with Gasteiger partial charge in [0.1, 0.15) is 0 Å². The van der Waals surface area contributed by atoms with E-state index < -0.39 is 0 Å². The topological polar surface area (TPSA) is 46.3 Å². The van der Waals surface area contributed by atoms with Crippen LogP contribution in [0.15, 0.2) is 0 Å². The number of nitrogens with two attached hydrogens (primary N) is 1. The predicted molar refractivity (Wildman–Crippen MR) is 64.9 cm³/mol. The Bertz CT molecular complexity index is 248. The van der Waals surface area contributed by atoms with E-state index in [1.165, 1.54) is 32.1 Å². The number of rotatable bonds is 3. The van der Waals surface area contributed by atoms with Crippen molar-refractivity contribution < 1.29 is 4.79 Å². The van der Waals surface area contributed by atoms with Crippen LogP contribution in [0, 0.1) is 11.8 Å². The quantitative estimate of drug-likeness (QED) is 0.794. The molecule has 0 aromatic rings. The van der Waals surface area contributed by atoms with Crippen molar-refractivity contribution in [2.24, 2.45) is 17.6 Å². The molecule has 1 amide bonds. The summed E-state index contributed by atoms with van der Waals surface area (Å²) < 4.78 is 0. The Morgan fingerprint density at radius 3 is 2.62 bits per heavy atom. The highest BCUT2D eigenvalue weighted by Gasteiger charge is 2.35. The van der Waals surface area contributed by atoms with Gasteiger partial charge >= 0.3 is 0 Å². The average molecular weight is 224 g/mol. The maximum Gasteiger partial charge on any atom is 0.223 e. The van der Waals surface area contributed by atoms with Gasteiger partial charge in [-0.2, -0.15) is 0 Å². The van der Waals surface area contributed by atoms with Gasteiger partial charge in [0.25, 0.3) is 0 Å². The molecule has 0 spiro atoms. The van der Waals surface area contributed by atoms with E-state index in [9.17, 15) is 4.79 Å². The molecule has 2 atom stereocenters. The van der Waals surface area contributed by atoms with Crippen molar-refractivity contribution in [3.63, 3.8) is 0 Å². The summed E-state index contributed by atoms with van der Waals surface area (Å²) in [4.78, 5) is 14.0. The Balaban J connectivity index is 1.93. The molecule has 0 radical (unpaired) electrons. The van der Waals surface area contributed by atoms with Crippen molar-refractivity contribution in [1.82, 2.24) is 4.90 Å². The van der Waals surface area contributed by atoms with E-state index >= 15 is 0 Å². The second-order valence-electron chi connectivity index (χ2n) is 5.49. The van der Waals surface area contributed by atoms with Gasteiger partial charge in [0, 0.05) is 19.0 Å². The molecule has 3 heteroatoms. The molecule has 1 aliphatic heterocycles. The SMILES string of the molecule is CC(C1CCCCC1)N1CC(CN)CC1=O. The van der Waals surface area contributed by atoms with E-state index in [-0.39, 0.29) is 0 Å². The van der Waals surface area contributed by atoms with Crippen molar-refractivity contribution in [2.45, 2.75) is 51.5 Å². The van der Waals surface area contributed by atoms with Gasteiger partial charge in [0.2, 0.25) is 5.91 Å². The molecular formula is C13H24N2O. The summed E-state index contributed by atoms with van der Waals surface area (Å²) in [5.41, 5.74) is 5.66. The lowest BCUT2D eigenvalue weighted by atomic mass is 9.84. The monoisotopic (exact) mass is 224 g/mol. The van der Waals surface area contributed by atoms with E-state index in [0.717, 1.165) is 12.5 Å². The van der Waals surface area contributed by atoms with Crippen molar-refractivity contribution in [2.75, 3.05) is 13.1 Å². The highest BCUT2D eigenvalue weighted by atomic mass is 16.2. The fourth-order valence-corrected chi connectivity index (χ4v) is 3.23. The second kappa shape index (κ2) is 5.17. The first-order valence-corrected chi connectivity index (χ1v) is 6.72. The third-order valence-electron chi connectivity index (χ3n) is 4.40.